The monoisotopic (exact) mass is 203 g/mol. The lowest BCUT2D eigenvalue weighted by atomic mass is 10.1. The van der Waals surface area contributed by atoms with Gasteiger partial charge in [-0.2, -0.15) is 0 Å². The van der Waals surface area contributed by atoms with E-state index in [-0.39, 0.29) is 5.25 Å². The molecule has 0 radical (unpaired) electrons. The van der Waals surface area contributed by atoms with E-state index in [0.717, 1.165) is 19.5 Å². The van der Waals surface area contributed by atoms with Crippen molar-refractivity contribution in [3.63, 3.8) is 0 Å². The van der Waals surface area contributed by atoms with E-state index in [1.165, 1.54) is 0 Å². The summed E-state index contributed by atoms with van der Waals surface area (Å²) in [4.78, 5) is 2.28. The lowest BCUT2D eigenvalue weighted by Crippen LogP contribution is -2.31. The summed E-state index contributed by atoms with van der Waals surface area (Å²) in [5.41, 5.74) is 0. The molecule has 76 valence electrons. The highest BCUT2D eigenvalue weighted by atomic mass is 32.2. The second kappa shape index (κ2) is 2.95. The molecule has 2 aliphatic heterocycles. The van der Waals surface area contributed by atoms with Crippen molar-refractivity contribution in [1.82, 2.24) is 4.90 Å². The smallest absolute Gasteiger partial charge is 0.154 e. The van der Waals surface area contributed by atoms with E-state index in [0.29, 0.717) is 17.7 Å². The van der Waals surface area contributed by atoms with Crippen molar-refractivity contribution in [2.75, 3.05) is 18.8 Å². The van der Waals surface area contributed by atoms with Gasteiger partial charge in [0.15, 0.2) is 9.84 Å². The second-order valence-corrected chi connectivity index (χ2v) is 6.84. The maximum atomic E-state index is 11.6. The highest BCUT2D eigenvalue weighted by Gasteiger charge is 2.46. The van der Waals surface area contributed by atoms with Crippen LogP contribution < -0.4 is 0 Å². The number of nitrogens with zero attached hydrogens (tertiary/aromatic N) is 1. The van der Waals surface area contributed by atoms with Crippen LogP contribution in [0.4, 0.5) is 0 Å². The van der Waals surface area contributed by atoms with Crippen LogP contribution in [0.2, 0.25) is 0 Å². The Bertz CT molecular complexity index is 297. The molecule has 2 heterocycles. The molecule has 0 amide bonds. The molecule has 2 rings (SSSR count). The number of hydrogen-bond donors (Lipinski definition) is 0. The van der Waals surface area contributed by atoms with Gasteiger partial charge in [0.2, 0.25) is 0 Å². The fraction of sp³-hybridized carbons (Fsp3) is 1.00. The van der Waals surface area contributed by atoms with E-state index in [4.69, 9.17) is 0 Å². The van der Waals surface area contributed by atoms with Crippen LogP contribution in [0.25, 0.3) is 0 Å². The van der Waals surface area contributed by atoms with Crippen LogP contribution in [-0.2, 0) is 9.84 Å². The highest BCUT2D eigenvalue weighted by Crippen LogP contribution is 2.34. The number of fused-ring (bicyclic) bond motifs is 1. The Kier molecular flexibility index (Phi) is 2.15. The molecule has 0 aliphatic carbocycles. The van der Waals surface area contributed by atoms with Crippen LogP contribution in [0.3, 0.4) is 0 Å². The average Bonchev–Trinajstić information content (AvgIpc) is 2.53. The van der Waals surface area contributed by atoms with E-state index >= 15 is 0 Å². The molecule has 13 heavy (non-hydrogen) atoms. The summed E-state index contributed by atoms with van der Waals surface area (Å²) in [5, 5.41) is -0.0464. The van der Waals surface area contributed by atoms with Crippen molar-refractivity contribution in [2.24, 2.45) is 5.92 Å². The normalized spacial score (nSPS) is 38.4. The summed E-state index contributed by atoms with van der Waals surface area (Å²) >= 11 is 0. The zero-order chi connectivity index (χ0) is 9.64. The molecule has 0 bridgehead atoms. The minimum atomic E-state index is -2.73. The molecule has 2 aliphatic rings. The van der Waals surface area contributed by atoms with E-state index in [1.54, 1.807) is 0 Å². The molecule has 0 aromatic carbocycles. The summed E-state index contributed by atoms with van der Waals surface area (Å²) in [6.45, 7) is 6.02. The van der Waals surface area contributed by atoms with Gasteiger partial charge < -0.3 is 0 Å². The van der Waals surface area contributed by atoms with Gasteiger partial charge in [0.25, 0.3) is 0 Å². The molecule has 0 aromatic heterocycles. The van der Waals surface area contributed by atoms with Gasteiger partial charge in [-0.25, -0.2) is 8.42 Å². The van der Waals surface area contributed by atoms with Crippen molar-refractivity contribution in [3.05, 3.63) is 0 Å². The number of likely N-dealkylation sites (tertiary alicyclic amines) is 1. The standard InChI is InChI=1S/C9H17NO2S/c1-7(2)10-5-8-3-4-13(11,12)9(8)6-10/h7-9H,3-6H2,1-2H3. The summed E-state index contributed by atoms with van der Waals surface area (Å²) in [5.74, 6) is 0.848. The van der Waals surface area contributed by atoms with E-state index in [1.807, 2.05) is 0 Å². The third-order valence-electron chi connectivity index (χ3n) is 3.37. The summed E-state index contributed by atoms with van der Waals surface area (Å²) < 4.78 is 23.2. The van der Waals surface area contributed by atoms with E-state index in [2.05, 4.69) is 18.7 Å². The Morgan fingerprint density at radius 1 is 1.31 bits per heavy atom. The summed E-state index contributed by atoms with van der Waals surface area (Å²) in [7, 11) is -2.73. The van der Waals surface area contributed by atoms with Crippen LogP contribution in [0.15, 0.2) is 0 Å². The summed E-state index contributed by atoms with van der Waals surface area (Å²) in [6, 6.07) is 0.487. The second-order valence-electron chi connectivity index (χ2n) is 4.50. The fourth-order valence-electron chi connectivity index (χ4n) is 2.45. The van der Waals surface area contributed by atoms with Gasteiger partial charge in [0.05, 0.1) is 11.0 Å². The Balaban J connectivity index is 2.15. The first-order valence-electron chi connectivity index (χ1n) is 4.96. The lowest BCUT2D eigenvalue weighted by Gasteiger charge is -2.20. The molecule has 0 aromatic rings. The van der Waals surface area contributed by atoms with E-state index in [9.17, 15) is 8.42 Å². The molecular formula is C9H17NO2S. The molecule has 2 unspecified atom stereocenters. The Hall–Kier alpha value is -0.0900. The van der Waals surface area contributed by atoms with Gasteiger partial charge in [0, 0.05) is 19.1 Å². The van der Waals surface area contributed by atoms with Crippen molar-refractivity contribution in [1.29, 1.82) is 0 Å². The van der Waals surface area contributed by atoms with Gasteiger partial charge in [0.1, 0.15) is 0 Å². The molecule has 0 spiro atoms. The zero-order valence-corrected chi connectivity index (χ0v) is 9.05. The third-order valence-corrected chi connectivity index (χ3v) is 5.64. The quantitative estimate of drug-likeness (QED) is 0.623. The van der Waals surface area contributed by atoms with Crippen molar-refractivity contribution in [3.8, 4) is 0 Å². The van der Waals surface area contributed by atoms with Crippen LogP contribution in [-0.4, -0.2) is 43.5 Å². The molecular weight excluding hydrogens is 186 g/mol. The first-order valence-corrected chi connectivity index (χ1v) is 6.68. The van der Waals surface area contributed by atoms with Gasteiger partial charge in [-0.3, -0.25) is 4.90 Å². The summed E-state index contributed by atoms with van der Waals surface area (Å²) in [6.07, 6.45) is 0.885. The maximum Gasteiger partial charge on any atom is 0.154 e. The Morgan fingerprint density at radius 2 is 2.00 bits per heavy atom. The van der Waals surface area contributed by atoms with Crippen LogP contribution >= 0.6 is 0 Å². The van der Waals surface area contributed by atoms with Gasteiger partial charge in [-0.1, -0.05) is 0 Å². The topological polar surface area (TPSA) is 37.4 Å². The maximum absolute atomic E-state index is 11.6. The molecule has 3 nitrogen and oxygen atoms in total. The molecule has 0 saturated carbocycles. The largest absolute Gasteiger partial charge is 0.299 e. The molecule has 2 saturated heterocycles. The van der Waals surface area contributed by atoms with Gasteiger partial charge in [-0.05, 0) is 26.2 Å². The minimum Gasteiger partial charge on any atom is -0.299 e. The van der Waals surface area contributed by atoms with E-state index < -0.39 is 9.84 Å². The predicted octanol–water partition coefficient (Wildman–Crippen LogP) is 0.514. The fourth-order valence-corrected chi connectivity index (χ4v) is 4.61. The number of rotatable bonds is 1. The lowest BCUT2D eigenvalue weighted by molar-refractivity contribution is 0.263. The Labute approximate surface area is 80.0 Å². The van der Waals surface area contributed by atoms with Crippen molar-refractivity contribution < 1.29 is 8.42 Å². The van der Waals surface area contributed by atoms with Crippen LogP contribution in [0, 0.1) is 5.92 Å². The van der Waals surface area contributed by atoms with Crippen molar-refractivity contribution >= 4 is 9.84 Å². The first kappa shape index (κ1) is 9.46. The minimum absolute atomic E-state index is 0.0464. The molecule has 2 atom stereocenters. The average molecular weight is 203 g/mol. The highest BCUT2D eigenvalue weighted by molar-refractivity contribution is 7.92. The molecule has 0 N–H and O–H groups in total. The van der Waals surface area contributed by atoms with Crippen molar-refractivity contribution in [2.45, 2.75) is 31.6 Å². The molecule has 4 heteroatoms. The Morgan fingerprint density at radius 3 is 2.54 bits per heavy atom. The molecule has 2 fully saturated rings. The third kappa shape index (κ3) is 1.50. The predicted molar refractivity (Wildman–Crippen MR) is 52.4 cm³/mol. The van der Waals surface area contributed by atoms with Gasteiger partial charge in [-0.15, -0.1) is 0 Å². The zero-order valence-electron chi connectivity index (χ0n) is 8.23. The van der Waals surface area contributed by atoms with Gasteiger partial charge >= 0.3 is 0 Å². The first-order chi connectivity index (χ1) is 6.00. The SMILES string of the molecule is CC(C)N1CC2CCS(=O)(=O)C2C1. The van der Waals surface area contributed by atoms with Crippen LogP contribution in [0.5, 0.6) is 0 Å². The number of hydrogen-bond acceptors (Lipinski definition) is 3. The number of sulfone groups is 1. The van der Waals surface area contributed by atoms with Crippen LogP contribution in [0.1, 0.15) is 20.3 Å².